The summed E-state index contributed by atoms with van der Waals surface area (Å²) in [5, 5.41) is 1.30. The van der Waals surface area contributed by atoms with Gasteiger partial charge in [0.2, 0.25) is 5.95 Å². The molecule has 1 aromatic rings. The second-order valence-corrected chi connectivity index (χ2v) is 4.25. The monoisotopic (exact) mass is 184 g/mol. The van der Waals surface area contributed by atoms with Crippen LogP contribution in [0.1, 0.15) is 13.8 Å². The van der Waals surface area contributed by atoms with E-state index in [-0.39, 0.29) is 5.95 Å². The fraction of sp³-hybridized carbons (Fsp3) is 0.429. The number of nitrogen functional groups attached to an aromatic ring is 2. The van der Waals surface area contributed by atoms with E-state index in [0.29, 0.717) is 11.1 Å². The van der Waals surface area contributed by atoms with Crippen LogP contribution in [0.5, 0.6) is 0 Å². The van der Waals surface area contributed by atoms with Crippen LogP contribution >= 0.6 is 11.8 Å². The second kappa shape index (κ2) is 3.62. The number of thioether (sulfide) groups is 1. The molecule has 12 heavy (non-hydrogen) atoms. The Morgan fingerprint density at radius 1 is 1.33 bits per heavy atom. The molecule has 0 aliphatic carbocycles. The normalized spacial score (nSPS) is 10.6. The smallest absolute Gasteiger partial charge is 0.223 e. The van der Waals surface area contributed by atoms with Crippen molar-refractivity contribution in [2.24, 2.45) is 0 Å². The zero-order valence-electron chi connectivity index (χ0n) is 7.11. The van der Waals surface area contributed by atoms with Gasteiger partial charge in [-0.2, -0.15) is 4.98 Å². The maximum atomic E-state index is 5.49. The van der Waals surface area contributed by atoms with Crippen molar-refractivity contribution < 1.29 is 0 Å². The molecule has 0 aromatic carbocycles. The molecule has 0 spiro atoms. The molecule has 5 heteroatoms. The van der Waals surface area contributed by atoms with Gasteiger partial charge in [0.25, 0.3) is 0 Å². The van der Waals surface area contributed by atoms with Crippen LogP contribution in [0.15, 0.2) is 11.1 Å². The first kappa shape index (κ1) is 9.12. The molecule has 0 bridgehead atoms. The van der Waals surface area contributed by atoms with Gasteiger partial charge < -0.3 is 11.5 Å². The van der Waals surface area contributed by atoms with Crippen molar-refractivity contribution in [3.8, 4) is 0 Å². The molecule has 4 nitrogen and oxygen atoms in total. The summed E-state index contributed by atoms with van der Waals surface area (Å²) in [4.78, 5) is 7.80. The summed E-state index contributed by atoms with van der Waals surface area (Å²) < 4.78 is 0. The van der Waals surface area contributed by atoms with Crippen LogP contribution in [0, 0.1) is 0 Å². The first-order chi connectivity index (χ1) is 5.58. The molecule has 0 saturated heterocycles. The standard InChI is InChI=1S/C7H12N4S/c1-4(2)12-6-3-5(8)10-7(9)11-6/h3-4H,1-2H3,(H4,8,9,10,11). The Balaban J connectivity index is 2.85. The third kappa shape index (κ3) is 2.58. The highest BCUT2D eigenvalue weighted by atomic mass is 32.2. The largest absolute Gasteiger partial charge is 0.383 e. The molecule has 4 N–H and O–H groups in total. The van der Waals surface area contributed by atoms with E-state index in [1.54, 1.807) is 17.8 Å². The lowest BCUT2D eigenvalue weighted by Crippen LogP contribution is -2.01. The molecule has 1 heterocycles. The maximum absolute atomic E-state index is 5.49. The molecule has 1 aromatic heterocycles. The van der Waals surface area contributed by atoms with E-state index in [1.807, 2.05) is 0 Å². The molecule has 0 aliphatic rings. The zero-order valence-corrected chi connectivity index (χ0v) is 7.93. The fourth-order valence-corrected chi connectivity index (χ4v) is 1.58. The first-order valence-electron chi connectivity index (χ1n) is 3.64. The van der Waals surface area contributed by atoms with Gasteiger partial charge in [-0.05, 0) is 0 Å². The van der Waals surface area contributed by atoms with Gasteiger partial charge in [0.05, 0.1) is 0 Å². The molecule has 1 rings (SSSR count). The van der Waals surface area contributed by atoms with E-state index in [0.717, 1.165) is 5.03 Å². The molecule has 0 unspecified atom stereocenters. The highest BCUT2D eigenvalue weighted by Crippen LogP contribution is 2.22. The van der Waals surface area contributed by atoms with Crippen LogP contribution in [0.25, 0.3) is 0 Å². The SMILES string of the molecule is CC(C)Sc1cc(N)nc(N)n1. The van der Waals surface area contributed by atoms with Crippen molar-refractivity contribution in [1.29, 1.82) is 0 Å². The Kier molecular flexibility index (Phi) is 2.75. The molecular formula is C7H12N4S. The van der Waals surface area contributed by atoms with Gasteiger partial charge in [-0.25, -0.2) is 4.98 Å². The predicted molar refractivity (Wildman–Crippen MR) is 51.8 cm³/mol. The maximum Gasteiger partial charge on any atom is 0.223 e. The van der Waals surface area contributed by atoms with Crippen LogP contribution in [-0.2, 0) is 0 Å². The van der Waals surface area contributed by atoms with E-state index in [9.17, 15) is 0 Å². The van der Waals surface area contributed by atoms with E-state index < -0.39 is 0 Å². The van der Waals surface area contributed by atoms with Crippen molar-refractivity contribution >= 4 is 23.5 Å². The highest BCUT2D eigenvalue weighted by Gasteiger charge is 2.02. The molecule has 0 atom stereocenters. The van der Waals surface area contributed by atoms with Crippen LogP contribution in [0.3, 0.4) is 0 Å². The third-order valence-corrected chi connectivity index (χ3v) is 2.02. The van der Waals surface area contributed by atoms with E-state index in [1.165, 1.54) is 0 Å². The van der Waals surface area contributed by atoms with Crippen LogP contribution in [0.4, 0.5) is 11.8 Å². The summed E-state index contributed by atoms with van der Waals surface area (Å²) in [7, 11) is 0. The predicted octanol–water partition coefficient (Wildman–Crippen LogP) is 1.14. The van der Waals surface area contributed by atoms with Gasteiger partial charge in [-0.1, -0.05) is 13.8 Å². The summed E-state index contributed by atoms with van der Waals surface area (Å²) in [6, 6.07) is 1.72. The minimum atomic E-state index is 0.234. The minimum Gasteiger partial charge on any atom is -0.383 e. The second-order valence-electron chi connectivity index (χ2n) is 2.66. The summed E-state index contributed by atoms with van der Waals surface area (Å²) in [5.74, 6) is 0.656. The third-order valence-electron chi connectivity index (χ3n) is 1.10. The van der Waals surface area contributed by atoms with Gasteiger partial charge in [0.15, 0.2) is 0 Å². The van der Waals surface area contributed by atoms with Crippen molar-refractivity contribution in [2.75, 3.05) is 11.5 Å². The van der Waals surface area contributed by atoms with Crippen molar-refractivity contribution in [3.05, 3.63) is 6.07 Å². The lowest BCUT2D eigenvalue weighted by atomic mass is 10.6. The van der Waals surface area contributed by atoms with Gasteiger partial charge in [0.1, 0.15) is 10.8 Å². The van der Waals surface area contributed by atoms with E-state index >= 15 is 0 Å². The van der Waals surface area contributed by atoms with Crippen molar-refractivity contribution in [1.82, 2.24) is 9.97 Å². The van der Waals surface area contributed by atoms with Crippen molar-refractivity contribution in [2.45, 2.75) is 24.1 Å². The average molecular weight is 184 g/mol. The minimum absolute atomic E-state index is 0.234. The first-order valence-corrected chi connectivity index (χ1v) is 4.52. The lowest BCUT2D eigenvalue weighted by Gasteiger charge is -2.04. The van der Waals surface area contributed by atoms with Gasteiger partial charge in [0, 0.05) is 11.3 Å². The molecule has 66 valence electrons. The number of nitrogens with zero attached hydrogens (tertiary/aromatic N) is 2. The summed E-state index contributed by atoms with van der Waals surface area (Å²) in [6.07, 6.45) is 0. The van der Waals surface area contributed by atoms with Crippen LogP contribution in [-0.4, -0.2) is 15.2 Å². The average Bonchev–Trinajstić information content (AvgIpc) is 1.81. The topological polar surface area (TPSA) is 77.8 Å². The van der Waals surface area contributed by atoms with Gasteiger partial charge >= 0.3 is 0 Å². The molecular weight excluding hydrogens is 172 g/mol. The van der Waals surface area contributed by atoms with E-state index in [2.05, 4.69) is 23.8 Å². The Bertz CT molecular complexity index is 254. The summed E-state index contributed by atoms with van der Waals surface area (Å²) >= 11 is 1.62. The molecule has 0 aliphatic heterocycles. The Hall–Kier alpha value is -0.970. The lowest BCUT2D eigenvalue weighted by molar-refractivity contribution is 1.04. The van der Waals surface area contributed by atoms with Gasteiger partial charge in [-0.15, -0.1) is 11.8 Å². The Labute approximate surface area is 75.8 Å². The number of aromatic nitrogens is 2. The molecule has 0 saturated carbocycles. The number of hydrogen-bond donors (Lipinski definition) is 2. The Morgan fingerprint density at radius 3 is 2.50 bits per heavy atom. The molecule has 0 fully saturated rings. The van der Waals surface area contributed by atoms with Crippen LogP contribution in [0.2, 0.25) is 0 Å². The van der Waals surface area contributed by atoms with Gasteiger partial charge in [-0.3, -0.25) is 0 Å². The van der Waals surface area contributed by atoms with Crippen LogP contribution < -0.4 is 11.5 Å². The fourth-order valence-electron chi connectivity index (χ4n) is 0.763. The number of nitrogens with two attached hydrogens (primary N) is 2. The highest BCUT2D eigenvalue weighted by molar-refractivity contribution is 7.99. The Morgan fingerprint density at radius 2 is 2.00 bits per heavy atom. The molecule has 0 amide bonds. The van der Waals surface area contributed by atoms with E-state index in [4.69, 9.17) is 11.5 Å². The number of rotatable bonds is 2. The summed E-state index contributed by atoms with van der Waals surface area (Å²) in [5.41, 5.74) is 10.9. The number of hydrogen-bond acceptors (Lipinski definition) is 5. The van der Waals surface area contributed by atoms with Crippen molar-refractivity contribution in [3.63, 3.8) is 0 Å². The quantitative estimate of drug-likeness (QED) is 0.532. The molecule has 0 radical (unpaired) electrons. The zero-order chi connectivity index (χ0) is 9.14. The summed E-state index contributed by atoms with van der Waals surface area (Å²) in [6.45, 7) is 4.16. The number of anilines is 2.